The molecular formula is C28H35N5O2. The monoisotopic (exact) mass is 473 g/mol. The predicted molar refractivity (Wildman–Crippen MR) is 141 cm³/mol. The summed E-state index contributed by atoms with van der Waals surface area (Å²) in [6.07, 6.45) is 6.90. The van der Waals surface area contributed by atoms with Crippen LogP contribution in [0.15, 0.2) is 60.8 Å². The number of benzene rings is 2. The Balaban J connectivity index is 1.05. The summed E-state index contributed by atoms with van der Waals surface area (Å²) in [6.45, 7) is 7.38. The highest BCUT2D eigenvalue weighted by Crippen LogP contribution is 2.22. The third-order valence-electron chi connectivity index (χ3n) is 6.96. The first-order chi connectivity index (χ1) is 17.2. The van der Waals surface area contributed by atoms with E-state index in [1.165, 1.54) is 38.0 Å². The highest BCUT2D eigenvalue weighted by atomic mass is 16.5. The molecule has 184 valence electrons. The predicted octanol–water partition coefficient (Wildman–Crippen LogP) is 4.84. The summed E-state index contributed by atoms with van der Waals surface area (Å²) < 4.78 is 5.96. The zero-order valence-corrected chi connectivity index (χ0v) is 20.4. The lowest BCUT2D eigenvalue weighted by atomic mass is 10.1. The molecule has 0 aliphatic carbocycles. The summed E-state index contributed by atoms with van der Waals surface area (Å²) in [7, 11) is 0. The first-order valence-corrected chi connectivity index (χ1v) is 12.9. The molecule has 5 rings (SSSR count). The number of carbonyl (C=O) groups excluding carboxylic acids is 1. The van der Waals surface area contributed by atoms with Gasteiger partial charge < -0.3 is 24.8 Å². The van der Waals surface area contributed by atoms with Crippen LogP contribution in [-0.2, 0) is 0 Å². The van der Waals surface area contributed by atoms with Gasteiger partial charge in [-0.05, 0) is 80.9 Å². The molecule has 0 unspecified atom stereocenters. The van der Waals surface area contributed by atoms with E-state index in [1.54, 1.807) is 6.20 Å². The van der Waals surface area contributed by atoms with Gasteiger partial charge >= 0.3 is 6.03 Å². The van der Waals surface area contributed by atoms with E-state index in [-0.39, 0.29) is 6.03 Å². The van der Waals surface area contributed by atoms with Gasteiger partial charge in [0.2, 0.25) is 0 Å². The lowest BCUT2D eigenvalue weighted by Gasteiger charge is -2.36. The lowest BCUT2D eigenvalue weighted by Crippen LogP contribution is -2.50. The van der Waals surface area contributed by atoms with Crippen LogP contribution in [0.4, 0.5) is 16.2 Å². The number of hydrogen-bond acceptors (Lipinski definition) is 5. The molecule has 2 aliphatic rings. The van der Waals surface area contributed by atoms with Crippen LogP contribution in [0.5, 0.6) is 5.75 Å². The van der Waals surface area contributed by atoms with Crippen molar-refractivity contribution in [3.8, 4) is 5.75 Å². The smallest absolute Gasteiger partial charge is 0.321 e. The van der Waals surface area contributed by atoms with E-state index in [0.717, 1.165) is 55.0 Å². The normalized spacial score (nSPS) is 16.9. The summed E-state index contributed by atoms with van der Waals surface area (Å²) in [5, 5.41) is 4.05. The van der Waals surface area contributed by atoms with Crippen molar-refractivity contribution >= 4 is 28.3 Å². The second-order valence-corrected chi connectivity index (χ2v) is 9.41. The zero-order valence-electron chi connectivity index (χ0n) is 20.4. The molecular weight excluding hydrogens is 438 g/mol. The molecule has 7 heteroatoms. The fourth-order valence-corrected chi connectivity index (χ4v) is 4.94. The molecule has 0 bridgehead atoms. The second kappa shape index (κ2) is 11.4. The SMILES string of the molecule is O=C(Nc1ccc2ncccc2c1)N1CCN(c2ccc(OCCCN3CCCCC3)cc2)CC1. The minimum atomic E-state index is -0.0545. The number of anilines is 2. The van der Waals surface area contributed by atoms with Crippen LogP contribution in [0, 0.1) is 0 Å². The minimum absolute atomic E-state index is 0.0545. The minimum Gasteiger partial charge on any atom is -0.494 e. The molecule has 2 amide bonds. The fraction of sp³-hybridized carbons (Fsp3) is 0.429. The summed E-state index contributed by atoms with van der Waals surface area (Å²) in [4.78, 5) is 23.9. The van der Waals surface area contributed by atoms with Crippen LogP contribution < -0.4 is 15.0 Å². The molecule has 1 aromatic heterocycles. The molecule has 2 fully saturated rings. The third kappa shape index (κ3) is 6.22. The van der Waals surface area contributed by atoms with Crippen molar-refractivity contribution in [3.05, 3.63) is 60.8 Å². The maximum atomic E-state index is 12.8. The van der Waals surface area contributed by atoms with Crippen LogP contribution >= 0.6 is 0 Å². The first kappa shape index (κ1) is 23.4. The number of ether oxygens (including phenoxy) is 1. The van der Waals surface area contributed by atoms with Crippen molar-refractivity contribution in [1.82, 2.24) is 14.8 Å². The van der Waals surface area contributed by atoms with E-state index < -0.39 is 0 Å². The van der Waals surface area contributed by atoms with Gasteiger partial charge in [0.15, 0.2) is 0 Å². The number of aromatic nitrogens is 1. The van der Waals surface area contributed by atoms with Crippen LogP contribution in [-0.4, -0.2) is 73.2 Å². The van der Waals surface area contributed by atoms with Crippen LogP contribution in [0.1, 0.15) is 25.7 Å². The van der Waals surface area contributed by atoms with Crippen LogP contribution in [0.2, 0.25) is 0 Å². The van der Waals surface area contributed by atoms with Crippen molar-refractivity contribution < 1.29 is 9.53 Å². The second-order valence-electron chi connectivity index (χ2n) is 9.41. The Labute approximate surface area is 207 Å². The van der Waals surface area contributed by atoms with Gasteiger partial charge in [0, 0.05) is 55.7 Å². The number of likely N-dealkylation sites (tertiary alicyclic amines) is 1. The number of urea groups is 1. The van der Waals surface area contributed by atoms with Crippen molar-refractivity contribution in [3.63, 3.8) is 0 Å². The van der Waals surface area contributed by atoms with Crippen molar-refractivity contribution in [1.29, 1.82) is 0 Å². The number of nitrogens with one attached hydrogen (secondary N) is 1. The van der Waals surface area contributed by atoms with Crippen LogP contribution in [0.3, 0.4) is 0 Å². The molecule has 3 heterocycles. The van der Waals surface area contributed by atoms with Gasteiger partial charge in [0.1, 0.15) is 5.75 Å². The lowest BCUT2D eigenvalue weighted by molar-refractivity contribution is 0.205. The van der Waals surface area contributed by atoms with Crippen LogP contribution in [0.25, 0.3) is 10.9 Å². The fourth-order valence-electron chi connectivity index (χ4n) is 4.94. The quantitative estimate of drug-likeness (QED) is 0.498. The summed E-state index contributed by atoms with van der Waals surface area (Å²) in [5.74, 6) is 0.927. The van der Waals surface area contributed by atoms with Gasteiger partial charge in [0.25, 0.3) is 0 Å². The largest absolute Gasteiger partial charge is 0.494 e. The van der Waals surface area contributed by atoms with E-state index >= 15 is 0 Å². The maximum absolute atomic E-state index is 12.8. The molecule has 1 N–H and O–H groups in total. The van der Waals surface area contributed by atoms with Crippen molar-refractivity contribution in [2.24, 2.45) is 0 Å². The zero-order chi connectivity index (χ0) is 23.9. The summed E-state index contributed by atoms with van der Waals surface area (Å²) >= 11 is 0. The van der Waals surface area contributed by atoms with Gasteiger partial charge in [-0.3, -0.25) is 4.98 Å². The Morgan fingerprint density at radius 3 is 2.51 bits per heavy atom. The third-order valence-corrected chi connectivity index (χ3v) is 6.96. The number of hydrogen-bond donors (Lipinski definition) is 1. The highest BCUT2D eigenvalue weighted by Gasteiger charge is 2.21. The number of fused-ring (bicyclic) bond motifs is 1. The molecule has 0 saturated carbocycles. The summed E-state index contributed by atoms with van der Waals surface area (Å²) in [6, 6.07) is 18.0. The Bertz CT molecular complexity index is 1110. The van der Waals surface area contributed by atoms with E-state index in [0.29, 0.717) is 13.1 Å². The molecule has 0 spiro atoms. The number of rotatable bonds is 7. The molecule has 2 aromatic carbocycles. The van der Waals surface area contributed by atoms with Gasteiger partial charge in [-0.2, -0.15) is 0 Å². The summed E-state index contributed by atoms with van der Waals surface area (Å²) in [5.41, 5.74) is 2.89. The Hall–Kier alpha value is -3.32. The number of amides is 2. The number of piperazine rings is 1. The Morgan fingerprint density at radius 2 is 1.71 bits per heavy atom. The molecule has 0 radical (unpaired) electrons. The molecule has 2 aliphatic heterocycles. The number of piperidine rings is 1. The van der Waals surface area contributed by atoms with Gasteiger partial charge in [0.05, 0.1) is 12.1 Å². The average Bonchev–Trinajstić information content (AvgIpc) is 2.92. The molecule has 3 aromatic rings. The van der Waals surface area contributed by atoms with Crippen molar-refractivity contribution in [2.45, 2.75) is 25.7 Å². The Kier molecular flexibility index (Phi) is 7.63. The Morgan fingerprint density at radius 1 is 0.914 bits per heavy atom. The van der Waals surface area contributed by atoms with Gasteiger partial charge in [-0.1, -0.05) is 12.5 Å². The average molecular weight is 474 g/mol. The number of nitrogens with zero attached hydrogens (tertiary/aromatic N) is 4. The van der Waals surface area contributed by atoms with E-state index in [9.17, 15) is 4.79 Å². The highest BCUT2D eigenvalue weighted by molar-refractivity contribution is 5.92. The number of carbonyl (C=O) groups is 1. The molecule has 7 nitrogen and oxygen atoms in total. The first-order valence-electron chi connectivity index (χ1n) is 12.9. The topological polar surface area (TPSA) is 60.9 Å². The van der Waals surface area contributed by atoms with E-state index in [1.807, 2.05) is 35.2 Å². The number of pyridine rings is 1. The standard InChI is InChI=1S/C28H35N5O2/c34-28(30-24-7-12-27-23(22-24)6-4-13-29-27)33-19-17-32(18-20-33)25-8-10-26(11-9-25)35-21-5-16-31-14-2-1-3-15-31/h4,6-13,22H,1-3,5,14-21H2,(H,30,34). The molecule has 2 saturated heterocycles. The van der Waals surface area contributed by atoms with Crippen molar-refractivity contribution in [2.75, 3.05) is 62.6 Å². The molecule has 0 atom stereocenters. The maximum Gasteiger partial charge on any atom is 0.321 e. The van der Waals surface area contributed by atoms with Gasteiger partial charge in [-0.25, -0.2) is 4.79 Å². The molecule has 35 heavy (non-hydrogen) atoms. The van der Waals surface area contributed by atoms with Gasteiger partial charge in [-0.15, -0.1) is 0 Å². The van der Waals surface area contributed by atoms with E-state index in [2.05, 4.69) is 44.4 Å². The van der Waals surface area contributed by atoms with E-state index in [4.69, 9.17) is 4.74 Å².